The van der Waals surface area contributed by atoms with Crippen molar-refractivity contribution in [1.82, 2.24) is 5.32 Å². The van der Waals surface area contributed by atoms with Gasteiger partial charge in [0.1, 0.15) is 5.54 Å². The van der Waals surface area contributed by atoms with E-state index in [2.05, 4.69) is 26.1 Å². The first-order valence-corrected chi connectivity index (χ1v) is 8.19. The lowest BCUT2D eigenvalue weighted by Crippen LogP contribution is -2.60. The molecule has 0 aromatic carbocycles. The predicted octanol–water partition coefficient (Wildman–Crippen LogP) is 2.75. The Morgan fingerprint density at radius 1 is 1.40 bits per heavy atom. The summed E-state index contributed by atoms with van der Waals surface area (Å²) in [7, 11) is 0. The van der Waals surface area contributed by atoms with Crippen molar-refractivity contribution in [1.29, 1.82) is 0 Å². The van der Waals surface area contributed by atoms with E-state index in [1.807, 2.05) is 0 Å². The van der Waals surface area contributed by atoms with Gasteiger partial charge in [-0.25, -0.2) is 0 Å². The smallest absolute Gasteiger partial charge is 0.237 e. The number of hydrogen-bond donors (Lipinski definition) is 2. The van der Waals surface area contributed by atoms with Crippen molar-refractivity contribution >= 4 is 5.91 Å². The number of rotatable bonds is 9. The van der Waals surface area contributed by atoms with E-state index in [1.165, 1.54) is 19.3 Å². The van der Waals surface area contributed by atoms with Gasteiger partial charge in [0, 0.05) is 19.1 Å². The SMILES string of the molecule is CCCCCCOC1CCCC(NC(C)C)(C(N)=O)C1. The highest BCUT2D eigenvalue weighted by atomic mass is 16.5. The number of hydrogen-bond acceptors (Lipinski definition) is 3. The third kappa shape index (κ3) is 5.41. The summed E-state index contributed by atoms with van der Waals surface area (Å²) in [6, 6.07) is 0.255. The van der Waals surface area contributed by atoms with Crippen molar-refractivity contribution in [2.45, 2.75) is 89.8 Å². The molecule has 4 heteroatoms. The summed E-state index contributed by atoms with van der Waals surface area (Å²) in [6.45, 7) is 7.13. The number of carbonyl (C=O) groups excluding carboxylic acids is 1. The second-order valence-electron chi connectivity index (χ2n) is 6.40. The van der Waals surface area contributed by atoms with Gasteiger partial charge in [-0.3, -0.25) is 4.79 Å². The van der Waals surface area contributed by atoms with Crippen molar-refractivity contribution < 1.29 is 9.53 Å². The highest BCUT2D eigenvalue weighted by Gasteiger charge is 2.41. The topological polar surface area (TPSA) is 64.3 Å². The van der Waals surface area contributed by atoms with Crippen LogP contribution >= 0.6 is 0 Å². The molecule has 1 amide bonds. The summed E-state index contributed by atoms with van der Waals surface area (Å²) in [5.74, 6) is -0.231. The summed E-state index contributed by atoms with van der Waals surface area (Å²) < 4.78 is 5.97. The highest BCUT2D eigenvalue weighted by molar-refractivity contribution is 5.84. The molecule has 0 aromatic heterocycles. The minimum Gasteiger partial charge on any atom is -0.378 e. The molecule has 0 bridgehead atoms. The van der Waals surface area contributed by atoms with Gasteiger partial charge in [0.15, 0.2) is 0 Å². The molecule has 4 nitrogen and oxygen atoms in total. The van der Waals surface area contributed by atoms with Gasteiger partial charge in [-0.2, -0.15) is 0 Å². The number of unbranched alkanes of at least 4 members (excludes halogenated alkanes) is 3. The summed E-state index contributed by atoms with van der Waals surface area (Å²) >= 11 is 0. The summed E-state index contributed by atoms with van der Waals surface area (Å²) in [5, 5.41) is 3.38. The van der Waals surface area contributed by atoms with Gasteiger partial charge in [-0.15, -0.1) is 0 Å². The third-order valence-electron chi connectivity index (χ3n) is 4.09. The molecule has 118 valence electrons. The van der Waals surface area contributed by atoms with E-state index >= 15 is 0 Å². The Morgan fingerprint density at radius 2 is 2.15 bits per heavy atom. The zero-order chi connectivity index (χ0) is 15.0. The van der Waals surface area contributed by atoms with E-state index in [1.54, 1.807) is 0 Å². The van der Waals surface area contributed by atoms with Crippen molar-refractivity contribution in [2.75, 3.05) is 6.61 Å². The van der Waals surface area contributed by atoms with Crippen LogP contribution in [-0.2, 0) is 9.53 Å². The van der Waals surface area contributed by atoms with Crippen LogP contribution in [0.1, 0.15) is 72.1 Å². The molecule has 0 spiro atoms. The zero-order valence-electron chi connectivity index (χ0n) is 13.4. The van der Waals surface area contributed by atoms with Gasteiger partial charge >= 0.3 is 0 Å². The van der Waals surface area contributed by atoms with Gasteiger partial charge in [-0.05, 0) is 39.5 Å². The quantitative estimate of drug-likeness (QED) is 0.640. The van der Waals surface area contributed by atoms with Gasteiger partial charge in [0.05, 0.1) is 6.10 Å². The van der Waals surface area contributed by atoms with Crippen LogP contribution in [0.15, 0.2) is 0 Å². The molecule has 1 fully saturated rings. The van der Waals surface area contributed by atoms with E-state index in [0.717, 1.165) is 32.3 Å². The lowest BCUT2D eigenvalue weighted by atomic mass is 9.79. The largest absolute Gasteiger partial charge is 0.378 e. The van der Waals surface area contributed by atoms with Crippen LogP contribution in [-0.4, -0.2) is 30.2 Å². The fourth-order valence-corrected chi connectivity index (χ4v) is 3.12. The van der Waals surface area contributed by atoms with Crippen LogP contribution in [0.5, 0.6) is 0 Å². The van der Waals surface area contributed by atoms with E-state index in [0.29, 0.717) is 6.42 Å². The Labute approximate surface area is 123 Å². The fraction of sp³-hybridized carbons (Fsp3) is 0.938. The lowest BCUT2D eigenvalue weighted by molar-refractivity contribution is -0.129. The van der Waals surface area contributed by atoms with Crippen LogP contribution in [0.3, 0.4) is 0 Å². The second kappa shape index (κ2) is 8.63. The first-order valence-electron chi connectivity index (χ1n) is 8.19. The molecular weight excluding hydrogens is 252 g/mol. The minimum atomic E-state index is -0.569. The molecule has 0 heterocycles. The van der Waals surface area contributed by atoms with Crippen LogP contribution in [0.4, 0.5) is 0 Å². The molecule has 2 unspecified atom stereocenters. The number of amides is 1. The van der Waals surface area contributed by atoms with E-state index in [9.17, 15) is 4.79 Å². The van der Waals surface area contributed by atoms with Gasteiger partial charge in [-0.1, -0.05) is 26.2 Å². The summed E-state index contributed by atoms with van der Waals surface area (Å²) in [6.07, 6.45) is 8.62. The Morgan fingerprint density at radius 3 is 2.75 bits per heavy atom. The van der Waals surface area contributed by atoms with Crippen LogP contribution in [0, 0.1) is 0 Å². The average molecular weight is 284 g/mol. The molecule has 0 aliphatic heterocycles. The van der Waals surface area contributed by atoms with Crippen LogP contribution in [0.2, 0.25) is 0 Å². The fourth-order valence-electron chi connectivity index (χ4n) is 3.12. The average Bonchev–Trinajstić information content (AvgIpc) is 2.38. The minimum absolute atomic E-state index is 0.170. The van der Waals surface area contributed by atoms with Crippen LogP contribution in [0.25, 0.3) is 0 Å². The molecule has 0 aromatic rings. The maximum Gasteiger partial charge on any atom is 0.237 e. The standard InChI is InChI=1S/C16H32N2O2/c1-4-5-6-7-11-20-14-9-8-10-16(12-14,15(17)19)18-13(2)3/h13-14,18H,4-12H2,1-3H3,(H2,17,19). The number of nitrogens with two attached hydrogens (primary N) is 1. The molecule has 1 aliphatic rings. The molecule has 1 rings (SSSR count). The van der Waals surface area contributed by atoms with Gasteiger partial charge in [0.25, 0.3) is 0 Å². The molecule has 1 saturated carbocycles. The van der Waals surface area contributed by atoms with Gasteiger partial charge < -0.3 is 15.8 Å². The maximum absolute atomic E-state index is 11.9. The number of ether oxygens (including phenoxy) is 1. The van der Waals surface area contributed by atoms with Crippen molar-refractivity contribution in [2.24, 2.45) is 5.73 Å². The summed E-state index contributed by atoms with van der Waals surface area (Å²) in [5.41, 5.74) is 5.08. The normalized spacial score (nSPS) is 26.9. The Bertz CT molecular complexity index is 294. The third-order valence-corrected chi connectivity index (χ3v) is 4.09. The Kier molecular flexibility index (Phi) is 7.52. The highest BCUT2D eigenvalue weighted by Crippen LogP contribution is 2.30. The Balaban J connectivity index is 2.44. The van der Waals surface area contributed by atoms with Gasteiger partial charge in [0.2, 0.25) is 5.91 Å². The molecule has 2 atom stereocenters. The molecular formula is C16H32N2O2. The maximum atomic E-state index is 11.9. The van der Waals surface area contributed by atoms with Crippen molar-refractivity contribution in [3.63, 3.8) is 0 Å². The predicted molar refractivity (Wildman–Crippen MR) is 82.5 cm³/mol. The summed E-state index contributed by atoms with van der Waals surface area (Å²) in [4.78, 5) is 11.9. The number of nitrogens with one attached hydrogen (secondary N) is 1. The van der Waals surface area contributed by atoms with Crippen LogP contribution < -0.4 is 11.1 Å². The van der Waals surface area contributed by atoms with E-state index in [4.69, 9.17) is 10.5 Å². The van der Waals surface area contributed by atoms with E-state index in [-0.39, 0.29) is 18.1 Å². The Hall–Kier alpha value is -0.610. The first kappa shape index (κ1) is 17.4. The molecule has 0 saturated heterocycles. The first-order chi connectivity index (χ1) is 9.50. The molecule has 3 N–H and O–H groups in total. The second-order valence-corrected chi connectivity index (χ2v) is 6.40. The monoisotopic (exact) mass is 284 g/mol. The van der Waals surface area contributed by atoms with Crippen molar-refractivity contribution in [3.05, 3.63) is 0 Å². The number of carbonyl (C=O) groups is 1. The lowest BCUT2D eigenvalue weighted by Gasteiger charge is -2.40. The van der Waals surface area contributed by atoms with Crippen molar-refractivity contribution in [3.8, 4) is 0 Å². The molecule has 0 radical (unpaired) electrons. The molecule has 20 heavy (non-hydrogen) atoms. The van der Waals surface area contributed by atoms with E-state index < -0.39 is 5.54 Å². The zero-order valence-corrected chi connectivity index (χ0v) is 13.4. The number of primary amides is 1. The molecule has 1 aliphatic carbocycles.